The Labute approximate surface area is 121 Å². The van der Waals surface area contributed by atoms with Crippen molar-refractivity contribution in [3.05, 3.63) is 0 Å². The van der Waals surface area contributed by atoms with Gasteiger partial charge in [-0.25, -0.2) is 14.4 Å². The SMILES string of the molecule is COC(=O)NC1CCN(C(=O)N2CCOC(C(=O)O)C2)C1. The van der Waals surface area contributed by atoms with Crippen molar-refractivity contribution in [3.8, 4) is 0 Å². The average Bonchev–Trinajstić information content (AvgIpc) is 2.94. The normalized spacial score (nSPS) is 25.6. The van der Waals surface area contributed by atoms with Gasteiger partial charge in [0, 0.05) is 19.6 Å². The number of morpholine rings is 1. The van der Waals surface area contributed by atoms with Crippen molar-refractivity contribution in [3.63, 3.8) is 0 Å². The number of amides is 3. The Hall–Kier alpha value is -2.03. The molecule has 2 heterocycles. The highest BCUT2D eigenvalue weighted by molar-refractivity contribution is 5.78. The summed E-state index contributed by atoms with van der Waals surface area (Å²) in [5.41, 5.74) is 0. The minimum atomic E-state index is -1.07. The van der Waals surface area contributed by atoms with Gasteiger partial charge in [-0.05, 0) is 6.42 Å². The Morgan fingerprint density at radius 2 is 1.95 bits per heavy atom. The molecule has 0 aliphatic carbocycles. The number of urea groups is 1. The molecule has 0 aromatic heterocycles. The number of nitrogens with one attached hydrogen (secondary N) is 1. The van der Waals surface area contributed by atoms with E-state index in [1.165, 1.54) is 12.0 Å². The number of likely N-dealkylation sites (tertiary alicyclic amines) is 1. The first-order valence-corrected chi connectivity index (χ1v) is 6.74. The topological polar surface area (TPSA) is 108 Å². The number of alkyl carbamates (subject to hydrolysis) is 1. The molecular formula is C12H19N3O6. The molecule has 0 aromatic rings. The molecule has 0 radical (unpaired) electrons. The van der Waals surface area contributed by atoms with E-state index in [0.717, 1.165) is 0 Å². The van der Waals surface area contributed by atoms with Crippen molar-refractivity contribution in [2.24, 2.45) is 0 Å². The van der Waals surface area contributed by atoms with Crippen molar-refractivity contribution >= 4 is 18.1 Å². The second kappa shape index (κ2) is 6.61. The standard InChI is InChI=1S/C12H19N3O6/c1-20-11(18)13-8-2-3-14(6-8)12(19)15-4-5-21-9(7-15)10(16)17/h8-9H,2-7H2,1H3,(H,13,18)(H,16,17). The number of hydrogen-bond donors (Lipinski definition) is 2. The summed E-state index contributed by atoms with van der Waals surface area (Å²) in [6.07, 6.45) is -0.853. The molecule has 9 nitrogen and oxygen atoms in total. The van der Waals surface area contributed by atoms with Gasteiger partial charge in [0.05, 0.1) is 26.3 Å². The fourth-order valence-corrected chi connectivity index (χ4v) is 2.45. The Morgan fingerprint density at radius 3 is 2.62 bits per heavy atom. The molecule has 0 aromatic carbocycles. The van der Waals surface area contributed by atoms with Gasteiger partial charge in [0.25, 0.3) is 0 Å². The van der Waals surface area contributed by atoms with Crippen LogP contribution in [0, 0.1) is 0 Å². The van der Waals surface area contributed by atoms with Crippen LogP contribution in [-0.2, 0) is 14.3 Å². The lowest BCUT2D eigenvalue weighted by atomic mass is 10.3. The van der Waals surface area contributed by atoms with E-state index in [1.807, 2.05) is 0 Å². The smallest absolute Gasteiger partial charge is 0.407 e. The maximum Gasteiger partial charge on any atom is 0.407 e. The van der Waals surface area contributed by atoms with Gasteiger partial charge in [-0.3, -0.25) is 0 Å². The molecule has 0 spiro atoms. The lowest BCUT2D eigenvalue weighted by Crippen LogP contribution is -2.52. The summed E-state index contributed by atoms with van der Waals surface area (Å²) in [6, 6.07) is -0.364. The Bertz CT molecular complexity index is 429. The molecule has 2 atom stereocenters. The Morgan fingerprint density at radius 1 is 1.24 bits per heavy atom. The van der Waals surface area contributed by atoms with Crippen molar-refractivity contribution in [2.75, 3.05) is 39.9 Å². The first-order chi connectivity index (χ1) is 10.0. The van der Waals surface area contributed by atoms with Crippen molar-refractivity contribution in [2.45, 2.75) is 18.6 Å². The molecule has 9 heteroatoms. The third kappa shape index (κ3) is 3.75. The fraction of sp³-hybridized carbons (Fsp3) is 0.750. The fourth-order valence-electron chi connectivity index (χ4n) is 2.45. The molecule has 118 valence electrons. The number of carbonyl (C=O) groups excluding carboxylic acids is 2. The Balaban J connectivity index is 1.86. The van der Waals surface area contributed by atoms with E-state index in [4.69, 9.17) is 9.84 Å². The van der Waals surface area contributed by atoms with Crippen molar-refractivity contribution in [1.29, 1.82) is 0 Å². The number of carbonyl (C=O) groups is 3. The van der Waals surface area contributed by atoms with Crippen molar-refractivity contribution < 1.29 is 29.0 Å². The molecule has 0 bridgehead atoms. The van der Waals surface area contributed by atoms with Crippen LogP contribution in [-0.4, -0.2) is 85.0 Å². The number of rotatable bonds is 2. The summed E-state index contributed by atoms with van der Waals surface area (Å²) < 4.78 is 9.60. The van der Waals surface area contributed by atoms with E-state index in [0.29, 0.717) is 26.1 Å². The van der Waals surface area contributed by atoms with Gasteiger partial charge < -0.3 is 29.7 Å². The monoisotopic (exact) mass is 301 g/mol. The van der Waals surface area contributed by atoms with Gasteiger partial charge in [-0.1, -0.05) is 0 Å². The maximum absolute atomic E-state index is 12.3. The lowest BCUT2D eigenvalue weighted by molar-refractivity contribution is -0.154. The number of ether oxygens (including phenoxy) is 2. The van der Waals surface area contributed by atoms with E-state index in [-0.39, 0.29) is 25.2 Å². The molecule has 3 amide bonds. The van der Waals surface area contributed by atoms with E-state index < -0.39 is 18.2 Å². The summed E-state index contributed by atoms with van der Waals surface area (Å²) in [5, 5.41) is 11.6. The van der Waals surface area contributed by atoms with E-state index in [2.05, 4.69) is 10.1 Å². The number of methoxy groups -OCH3 is 1. The molecule has 2 fully saturated rings. The van der Waals surface area contributed by atoms with Crippen LogP contribution in [0.2, 0.25) is 0 Å². The molecule has 2 aliphatic rings. The average molecular weight is 301 g/mol. The first kappa shape index (κ1) is 15.4. The molecule has 21 heavy (non-hydrogen) atoms. The van der Waals surface area contributed by atoms with Crippen LogP contribution in [0.4, 0.5) is 9.59 Å². The number of nitrogens with zero attached hydrogens (tertiary/aromatic N) is 2. The minimum Gasteiger partial charge on any atom is -0.479 e. The molecular weight excluding hydrogens is 282 g/mol. The molecule has 2 rings (SSSR count). The maximum atomic E-state index is 12.3. The molecule has 2 N–H and O–H groups in total. The summed E-state index contributed by atoms with van der Waals surface area (Å²) in [4.78, 5) is 37.5. The predicted octanol–water partition coefficient (Wildman–Crippen LogP) is -0.678. The van der Waals surface area contributed by atoms with Crippen LogP contribution in [0.25, 0.3) is 0 Å². The zero-order valence-electron chi connectivity index (χ0n) is 11.8. The van der Waals surface area contributed by atoms with Crippen molar-refractivity contribution in [1.82, 2.24) is 15.1 Å². The summed E-state index contributed by atoms with van der Waals surface area (Å²) >= 11 is 0. The Kier molecular flexibility index (Phi) is 4.84. The van der Waals surface area contributed by atoms with Crippen LogP contribution in [0.1, 0.15) is 6.42 Å². The third-order valence-corrected chi connectivity index (χ3v) is 3.58. The van der Waals surface area contributed by atoms with Crippen LogP contribution >= 0.6 is 0 Å². The zero-order valence-corrected chi connectivity index (χ0v) is 11.8. The third-order valence-electron chi connectivity index (χ3n) is 3.58. The molecule has 2 aliphatic heterocycles. The van der Waals surface area contributed by atoms with E-state index in [1.54, 1.807) is 4.90 Å². The minimum absolute atomic E-state index is 0.0414. The lowest BCUT2D eigenvalue weighted by Gasteiger charge is -2.33. The van der Waals surface area contributed by atoms with E-state index >= 15 is 0 Å². The van der Waals surface area contributed by atoms with Gasteiger partial charge in [0.2, 0.25) is 0 Å². The van der Waals surface area contributed by atoms with Crippen LogP contribution < -0.4 is 5.32 Å². The van der Waals surface area contributed by atoms with Gasteiger partial charge in [0.1, 0.15) is 0 Å². The number of carboxylic acid groups (broad SMARTS) is 1. The van der Waals surface area contributed by atoms with Gasteiger partial charge >= 0.3 is 18.1 Å². The second-order valence-corrected chi connectivity index (χ2v) is 4.99. The summed E-state index contributed by atoms with van der Waals surface area (Å²) in [7, 11) is 1.28. The quantitative estimate of drug-likeness (QED) is 0.699. The molecule has 2 saturated heterocycles. The highest BCUT2D eigenvalue weighted by Crippen LogP contribution is 2.14. The highest BCUT2D eigenvalue weighted by atomic mass is 16.5. The summed E-state index contributed by atoms with van der Waals surface area (Å²) in [6.45, 7) is 1.53. The molecule has 2 unspecified atom stereocenters. The second-order valence-electron chi connectivity index (χ2n) is 4.99. The largest absolute Gasteiger partial charge is 0.479 e. The zero-order chi connectivity index (χ0) is 15.4. The number of carboxylic acids is 1. The number of aliphatic carboxylic acids is 1. The summed E-state index contributed by atoms with van der Waals surface area (Å²) in [5.74, 6) is -1.07. The highest BCUT2D eigenvalue weighted by Gasteiger charge is 2.34. The molecule has 0 saturated carbocycles. The van der Waals surface area contributed by atoms with Crippen LogP contribution in [0.3, 0.4) is 0 Å². The van der Waals surface area contributed by atoms with Gasteiger partial charge in [0.15, 0.2) is 6.10 Å². The van der Waals surface area contributed by atoms with Gasteiger partial charge in [-0.2, -0.15) is 0 Å². The number of hydrogen-bond acceptors (Lipinski definition) is 5. The van der Waals surface area contributed by atoms with E-state index in [9.17, 15) is 14.4 Å². The van der Waals surface area contributed by atoms with Crippen LogP contribution in [0.15, 0.2) is 0 Å². The predicted molar refractivity (Wildman–Crippen MR) is 69.9 cm³/mol. The van der Waals surface area contributed by atoms with Crippen LogP contribution in [0.5, 0.6) is 0 Å². The first-order valence-electron chi connectivity index (χ1n) is 6.74. The van der Waals surface area contributed by atoms with Gasteiger partial charge in [-0.15, -0.1) is 0 Å².